The number of carbonyl (C=O) groups excluding carboxylic acids is 1. The van der Waals surface area contributed by atoms with Crippen LogP contribution in [-0.2, 0) is 17.6 Å². The van der Waals surface area contributed by atoms with Gasteiger partial charge in [0.2, 0.25) is 5.91 Å². The van der Waals surface area contributed by atoms with E-state index in [-0.39, 0.29) is 30.7 Å². The van der Waals surface area contributed by atoms with Crippen molar-refractivity contribution in [3.8, 4) is 17.2 Å². The number of nitrogens with zero attached hydrogens (tertiary/aromatic N) is 2. The number of nitro benzene ring substituents is 1. The van der Waals surface area contributed by atoms with Gasteiger partial charge in [0.1, 0.15) is 12.4 Å². The zero-order valence-electron chi connectivity index (χ0n) is 21.3. The maximum atomic E-state index is 13.8. The van der Waals surface area contributed by atoms with Crippen LogP contribution in [0.2, 0.25) is 0 Å². The Hall–Kier alpha value is -4.59. The number of nitro groups is 1. The van der Waals surface area contributed by atoms with Crippen molar-refractivity contribution in [2.45, 2.75) is 18.9 Å². The summed E-state index contributed by atoms with van der Waals surface area (Å²) in [5.41, 5.74) is 2.96. The van der Waals surface area contributed by atoms with Crippen molar-refractivity contribution in [3.05, 3.63) is 106 Å². The van der Waals surface area contributed by atoms with Crippen molar-refractivity contribution in [1.82, 2.24) is 4.90 Å². The van der Waals surface area contributed by atoms with Gasteiger partial charge in [0.25, 0.3) is 5.69 Å². The second-order valence-corrected chi connectivity index (χ2v) is 9.14. The second-order valence-electron chi connectivity index (χ2n) is 9.14. The molecule has 1 unspecified atom stereocenters. The van der Waals surface area contributed by atoms with Gasteiger partial charge in [-0.2, -0.15) is 0 Å². The number of amides is 1. The van der Waals surface area contributed by atoms with Gasteiger partial charge in [-0.25, -0.2) is 0 Å². The number of hydrogen-bond acceptors (Lipinski definition) is 6. The van der Waals surface area contributed by atoms with Crippen LogP contribution in [0.1, 0.15) is 22.7 Å². The molecule has 4 aromatic carbocycles. The summed E-state index contributed by atoms with van der Waals surface area (Å²) in [7, 11) is 3.18. The molecule has 0 radical (unpaired) electrons. The molecule has 0 saturated heterocycles. The third-order valence-corrected chi connectivity index (χ3v) is 7.00. The van der Waals surface area contributed by atoms with Crippen LogP contribution < -0.4 is 14.2 Å². The molecule has 5 rings (SSSR count). The number of ether oxygens (including phenoxy) is 3. The van der Waals surface area contributed by atoms with Crippen LogP contribution in [0.3, 0.4) is 0 Å². The van der Waals surface area contributed by atoms with Gasteiger partial charge >= 0.3 is 0 Å². The maximum absolute atomic E-state index is 13.8. The van der Waals surface area contributed by atoms with Crippen LogP contribution >= 0.6 is 0 Å². The van der Waals surface area contributed by atoms with Crippen LogP contribution in [0, 0.1) is 10.1 Å². The van der Waals surface area contributed by atoms with E-state index in [1.165, 1.54) is 12.1 Å². The standard InChI is InChI=1S/C30H28N2O6/c1-36-28-16-22-14-15-31(30(33)17-21-8-5-7-20-6-3-4-9-25(20)21)27(26(22)18-29(28)37-2)19-38-24-12-10-23(11-13-24)32(34)35/h3-13,16,18,27H,14-15,17,19H2,1-2H3. The minimum Gasteiger partial charge on any atom is -0.493 e. The molecule has 8 nitrogen and oxygen atoms in total. The van der Waals surface area contributed by atoms with E-state index in [0.717, 1.165) is 27.5 Å². The molecule has 0 fully saturated rings. The maximum Gasteiger partial charge on any atom is 0.269 e. The first kappa shape index (κ1) is 25.1. The molecule has 38 heavy (non-hydrogen) atoms. The summed E-state index contributed by atoms with van der Waals surface area (Å²) in [5, 5.41) is 13.2. The predicted molar refractivity (Wildman–Crippen MR) is 144 cm³/mol. The lowest BCUT2D eigenvalue weighted by molar-refractivity contribution is -0.384. The van der Waals surface area contributed by atoms with Crippen LogP contribution in [0.15, 0.2) is 78.9 Å². The molecule has 0 spiro atoms. The van der Waals surface area contributed by atoms with Gasteiger partial charge in [0.05, 0.1) is 31.6 Å². The Morgan fingerprint density at radius 1 is 0.974 bits per heavy atom. The summed E-state index contributed by atoms with van der Waals surface area (Å²) in [6.07, 6.45) is 0.934. The molecule has 0 bridgehead atoms. The molecule has 1 amide bonds. The normalized spacial score (nSPS) is 14.6. The minimum absolute atomic E-state index is 0.000845. The van der Waals surface area contributed by atoms with E-state index in [0.29, 0.717) is 30.2 Å². The number of hydrogen-bond donors (Lipinski definition) is 0. The fraction of sp³-hybridized carbons (Fsp3) is 0.233. The minimum atomic E-state index is -0.450. The Morgan fingerprint density at radius 2 is 1.68 bits per heavy atom. The van der Waals surface area contributed by atoms with Crippen molar-refractivity contribution in [2.24, 2.45) is 0 Å². The van der Waals surface area contributed by atoms with Crippen molar-refractivity contribution in [2.75, 3.05) is 27.4 Å². The molecular weight excluding hydrogens is 484 g/mol. The highest BCUT2D eigenvalue weighted by Crippen LogP contribution is 2.39. The third kappa shape index (κ3) is 4.98. The highest BCUT2D eigenvalue weighted by molar-refractivity contribution is 5.90. The first-order valence-corrected chi connectivity index (χ1v) is 12.4. The van der Waals surface area contributed by atoms with Crippen LogP contribution in [0.25, 0.3) is 10.8 Å². The Labute approximate surface area is 220 Å². The van der Waals surface area contributed by atoms with E-state index < -0.39 is 4.92 Å². The largest absolute Gasteiger partial charge is 0.493 e. The highest BCUT2D eigenvalue weighted by Gasteiger charge is 2.33. The van der Waals surface area contributed by atoms with Gasteiger partial charge in [0.15, 0.2) is 11.5 Å². The summed E-state index contributed by atoms with van der Waals surface area (Å²) in [6, 6.07) is 23.5. The van der Waals surface area contributed by atoms with E-state index in [9.17, 15) is 14.9 Å². The van der Waals surface area contributed by atoms with Crippen molar-refractivity contribution < 1.29 is 23.9 Å². The van der Waals surface area contributed by atoms with Gasteiger partial charge in [0, 0.05) is 18.7 Å². The molecule has 1 heterocycles. The number of benzene rings is 4. The van der Waals surface area contributed by atoms with Crippen LogP contribution in [0.5, 0.6) is 17.2 Å². The number of fused-ring (bicyclic) bond motifs is 2. The lowest BCUT2D eigenvalue weighted by Gasteiger charge is -2.38. The molecule has 0 aromatic heterocycles. The van der Waals surface area contributed by atoms with Crippen molar-refractivity contribution in [1.29, 1.82) is 0 Å². The summed E-state index contributed by atoms with van der Waals surface area (Å²) >= 11 is 0. The highest BCUT2D eigenvalue weighted by atomic mass is 16.6. The van der Waals surface area contributed by atoms with Crippen molar-refractivity contribution in [3.63, 3.8) is 0 Å². The quantitative estimate of drug-likeness (QED) is 0.228. The summed E-state index contributed by atoms with van der Waals surface area (Å²) < 4.78 is 17.1. The molecule has 8 heteroatoms. The summed E-state index contributed by atoms with van der Waals surface area (Å²) in [6.45, 7) is 0.710. The predicted octanol–water partition coefficient (Wildman–Crippen LogP) is 5.51. The van der Waals surface area contributed by atoms with E-state index in [4.69, 9.17) is 14.2 Å². The van der Waals surface area contributed by atoms with Gasteiger partial charge in [-0.05, 0) is 58.1 Å². The third-order valence-electron chi connectivity index (χ3n) is 7.00. The molecule has 0 aliphatic carbocycles. The van der Waals surface area contributed by atoms with E-state index >= 15 is 0 Å². The zero-order chi connectivity index (χ0) is 26.6. The second kappa shape index (κ2) is 10.8. The molecule has 1 aliphatic rings. The van der Waals surface area contributed by atoms with Gasteiger partial charge < -0.3 is 19.1 Å². The lowest BCUT2D eigenvalue weighted by Crippen LogP contribution is -2.43. The Balaban J connectivity index is 1.46. The average Bonchev–Trinajstić information content (AvgIpc) is 2.95. The Morgan fingerprint density at radius 3 is 2.42 bits per heavy atom. The lowest BCUT2D eigenvalue weighted by atomic mass is 9.91. The summed E-state index contributed by atoms with van der Waals surface area (Å²) in [4.78, 5) is 26.2. The molecule has 1 aliphatic heterocycles. The topological polar surface area (TPSA) is 91.1 Å². The number of rotatable bonds is 8. The molecule has 0 saturated carbocycles. The molecule has 1 atom stereocenters. The number of carbonyl (C=O) groups is 1. The number of non-ortho nitro benzene ring substituents is 1. The first-order chi connectivity index (χ1) is 18.5. The van der Waals surface area contributed by atoms with E-state index in [1.54, 1.807) is 26.4 Å². The van der Waals surface area contributed by atoms with E-state index in [2.05, 4.69) is 0 Å². The van der Waals surface area contributed by atoms with Crippen molar-refractivity contribution >= 4 is 22.4 Å². The smallest absolute Gasteiger partial charge is 0.269 e. The molecular formula is C30H28N2O6. The van der Waals surface area contributed by atoms with Gasteiger partial charge in [-0.15, -0.1) is 0 Å². The Bertz CT molecular complexity index is 1480. The van der Waals surface area contributed by atoms with Gasteiger partial charge in [-0.1, -0.05) is 42.5 Å². The SMILES string of the molecule is COc1cc2c(cc1OC)C(COc1ccc([N+](=O)[O-])cc1)N(C(=O)Cc1cccc3ccccc13)CC2. The van der Waals surface area contributed by atoms with Gasteiger partial charge in [-0.3, -0.25) is 14.9 Å². The molecule has 0 N–H and O–H groups in total. The van der Waals surface area contributed by atoms with Crippen LogP contribution in [0.4, 0.5) is 5.69 Å². The first-order valence-electron chi connectivity index (χ1n) is 12.4. The fourth-order valence-electron chi connectivity index (χ4n) is 5.06. The fourth-order valence-corrected chi connectivity index (χ4v) is 5.06. The number of methoxy groups -OCH3 is 2. The summed E-state index contributed by atoms with van der Waals surface area (Å²) in [5.74, 6) is 1.70. The molecule has 4 aromatic rings. The zero-order valence-corrected chi connectivity index (χ0v) is 21.3. The molecule has 194 valence electrons. The Kier molecular flexibility index (Phi) is 7.13. The monoisotopic (exact) mass is 512 g/mol. The van der Waals surface area contributed by atoms with E-state index in [1.807, 2.05) is 59.5 Å². The average molecular weight is 513 g/mol. The van der Waals surface area contributed by atoms with Crippen LogP contribution in [-0.4, -0.2) is 43.1 Å².